The van der Waals surface area contributed by atoms with Crippen molar-refractivity contribution in [1.82, 2.24) is 0 Å². The fourth-order valence-electron chi connectivity index (χ4n) is 4.05. The van der Waals surface area contributed by atoms with E-state index in [-0.39, 0.29) is 19.1 Å². The first-order valence-corrected chi connectivity index (χ1v) is 14.0. The number of aliphatic hydroxyl groups is 1. The van der Waals surface area contributed by atoms with Crippen molar-refractivity contribution in [2.24, 2.45) is 17.3 Å². The quantitative estimate of drug-likeness (QED) is 0.296. The third-order valence-electron chi connectivity index (χ3n) is 6.71. The molecule has 0 saturated carbocycles. The third kappa shape index (κ3) is 6.58. The largest absolute Gasteiger partial charge is 0.396 e. The zero-order valence-corrected chi connectivity index (χ0v) is 22.2. The summed E-state index contributed by atoms with van der Waals surface area (Å²) < 4.78 is 13.3. The Labute approximate surface area is 210 Å². The molecule has 0 aromatic heterocycles. The number of hydrogen-bond acceptors (Lipinski definition) is 4. The Morgan fingerprint density at radius 2 is 1.31 bits per heavy atom. The highest BCUT2D eigenvalue weighted by atomic mass is 31.2. The molecule has 0 fully saturated rings. The summed E-state index contributed by atoms with van der Waals surface area (Å²) in [6.07, 6.45) is 1.81. The highest BCUT2D eigenvalue weighted by Crippen LogP contribution is 2.60. The monoisotopic (exact) mass is 493 g/mol. The number of benzene rings is 3. The minimum absolute atomic E-state index is 0.00754. The van der Waals surface area contributed by atoms with Crippen LogP contribution in [0.15, 0.2) is 91.0 Å². The maximum atomic E-state index is 13.4. The fourth-order valence-corrected chi connectivity index (χ4v) is 6.82. The molecule has 0 aliphatic rings. The van der Waals surface area contributed by atoms with Gasteiger partial charge in [0.2, 0.25) is 0 Å². The number of carbonyl (C=O) groups is 1. The number of rotatable bonds is 12. The first-order chi connectivity index (χ1) is 16.8. The molecule has 1 N–H and O–H groups in total. The lowest BCUT2D eigenvalue weighted by atomic mass is 9.74. The van der Waals surface area contributed by atoms with E-state index in [1.807, 2.05) is 78.9 Å². The predicted molar refractivity (Wildman–Crippen MR) is 145 cm³/mol. The van der Waals surface area contributed by atoms with Crippen molar-refractivity contribution in [3.05, 3.63) is 96.6 Å². The molecule has 0 heterocycles. The maximum Gasteiger partial charge on any atom is 0.390 e. The van der Waals surface area contributed by atoms with Crippen LogP contribution in [0, 0.1) is 17.3 Å². The molecule has 1 unspecified atom stereocenters. The van der Waals surface area contributed by atoms with Crippen LogP contribution in [0.25, 0.3) is 0 Å². The molecule has 35 heavy (non-hydrogen) atoms. The Kier molecular flexibility index (Phi) is 9.63. The summed E-state index contributed by atoms with van der Waals surface area (Å²) in [6, 6.07) is 28.5. The lowest BCUT2D eigenvalue weighted by Crippen LogP contribution is -2.39. The van der Waals surface area contributed by atoms with Crippen molar-refractivity contribution < 1.29 is 18.9 Å². The summed E-state index contributed by atoms with van der Waals surface area (Å²) in [5, 5.41) is 12.2. The molecular weight excluding hydrogens is 455 g/mol. The zero-order chi connectivity index (χ0) is 25.3. The molecular formula is C30H38O4P+. The van der Waals surface area contributed by atoms with Crippen LogP contribution in [0.1, 0.15) is 50.9 Å². The first kappa shape index (κ1) is 27.1. The van der Waals surface area contributed by atoms with Gasteiger partial charge in [0.05, 0.1) is 12.2 Å². The van der Waals surface area contributed by atoms with Gasteiger partial charge in [0.1, 0.15) is 6.61 Å². The van der Waals surface area contributed by atoms with Gasteiger partial charge in [-0.05, 0) is 54.7 Å². The molecule has 3 rings (SSSR count). The molecule has 5 heteroatoms. The molecule has 3 aromatic rings. The van der Waals surface area contributed by atoms with Crippen LogP contribution >= 0.6 is 7.72 Å². The van der Waals surface area contributed by atoms with Crippen molar-refractivity contribution in [3.8, 4) is 0 Å². The van der Waals surface area contributed by atoms with Crippen LogP contribution in [-0.2, 0) is 9.05 Å². The highest BCUT2D eigenvalue weighted by molar-refractivity contribution is 7.81. The van der Waals surface area contributed by atoms with E-state index >= 15 is 0 Å². The molecule has 186 valence electrons. The van der Waals surface area contributed by atoms with E-state index < -0.39 is 19.1 Å². The van der Waals surface area contributed by atoms with E-state index in [4.69, 9.17) is 9.05 Å². The van der Waals surface area contributed by atoms with E-state index in [1.165, 1.54) is 0 Å². The Hall–Kier alpha value is -2.52. The van der Waals surface area contributed by atoms with Crippen molar-refractivity contribution in [2.45, 2.75) is 40.5 Å². The highest BCUT2D eigenvalue weighted by Gasteiger charge is 2.53. The summed E-state index contributed by atoms with van der Waals surface area (Å²) in [5.41, 5.74) is 0.0301. The smallest absolute Gasteiger partial charge is 0.390 e. The van der Waals surface area contributed by atoms with Crippen LogP contribution in [0.4, 0.5) is 0 Å². The van der Waals surface area contributed by atoms with Gasteiger partial charge < -0.3 is 5.11 Å². The minimum atomic E-state index is -3.08. The Bertz CT molecular complexity index is 998. The zero-order valence-electron chi connectivity index (χ0n) is 21.3. The van der Waals surface area contributed by atoms with E-state index in [0.717, 1.165) is 23.5 Å². The average molecular weight is 494 g/mol. The van der Waals surface area contributed by atoms with Crippen LogP contribution < -0.4 is 10.6 Å². The topological polar surface area (TPSA) is 55.8 Å². The van der Waals surface area contributed by atoms with Crippen molar-refractivity contribution in [2.75, 3.05) is 13.2 Å². The summed E-state index contributed by atoms with van der Waals surface area (Å²) in [4.78, 5) is 13.4. The molecule has 4 nitrogen and oxygen atoms in total. The second-order valence-corrected chi connectivity index (χ2v) is 12.4. The summed E-state index contributed by atoms with van der Waals surface area (Å²) >= 11 is 0. The van der Waals surface area contributed by atoms with Gasteiger partial charge in [0.15, 0.2) is 10.6 Å². The van der Waals surface area contributed by atoms with Crippen LogP contribution in [-0.4, -0.2) is 24.3 Å². The summed E-state index contributed by atoms with van der Waals surface area (Å²) in [6.45, 7) is 8.93. The Balaban J connectivity index is 2.09. The standard InChI is InChI=1S/C30H38O4P/c1-24(2)20-21-30(22-31,25(3)4)23-33-35(27-16-10-6-11-17-27,28-18-12-7-13-19-28)34-29(32)26-14-8-5-9-15-26/h5-19,24-25,31H,20-23H2,1-4H3/q+1. The lowest BCUT2D eigenvalue weighted by Gasteiger charge is -2.37. The van der Waals surface area contributed by atoms with Gasteiger partial charge in [-0.2, -0.15) is 4.52 Å². The van der Waals surface area contributed by atoms with Crippen LogP contribution in [0.5, 0.6) is 0 Å². The molecule has 1 atom stereocenters. The SMILES string of the molecule is CC(C)CCC(CO)(CO[P+](OC(=O)c1ccccc1)(c1ccccc1)c1ccccc1)C(C)C. The van der Waals surface area contributed by atoms with Gasteiger partial charge in [0.25, 0.3) is 0 Å². The molecule has 0 aliphatic heterocycles. The first-order valence-electron chi connectivity index (χ1n) is 12.4. The minimum Gasteiger partial charge on any atom is -0.396 e. The fraction of sp³-hybridized carbons (Fsp3) is 0.367. The predicted octanol–water partition coefficient (Wildman–Crippen LogP) is 6.43. The number of hydrogen-bond donors (Lipinski definition) is 1. The van der Waals surface area contributed by atoms with Crippen molar-refractivity contribution in [3.63, 3.8) is 0 Å². The summed E-state index contributed by atoms with van der Waals surface area (Å²) in [5.74, 6) is 0.274. The number of carbonyl (C=O) groups excluding carboxylic acids is 1. The van der Waals surface area contributed by atoms with Gasteiger partial charge in [-0.15, -0.1) is 0 Å². The van der Waals surface area contributed by atoms with E-state index in [2.05, 4.69) is 27.7 Å². The lowest BCUT2D eigenvalue weighted by molar-refractivity contribution is 0.0129. The van der Waals surface area contributed by atoms with Gasteiger partial charge in [-0.1, -0.05) is 88.7 Å². The normalized spacial score (nSPS) is 13.6. The van der Waals surface area contributed by atoms with Crippen molar-refractivity contribution in [1.29, 1.82) is 0 Å². The Morgan fingerprint density at radius 3 is 1.74 bits per heavy atom. The molecule has 0 amide bonds. The third-order valence-corrected chi connectivity index (χ3v) is 9.58. The molecule has 3 aromatic carbocycles. The maximum absolute atomic E-state index is 13.4. The molecule has 0 bridgehead atoms. The van der Waals surface area contributed by atoms with Gasteiger partial charge in [-0.3, -0.25) is 4.52 Å². The van der Waals surface area contributed by atoms with Crippen LogP contribution in [0.3, 0.4) is 0 Å². The summed E-state index contributed by atoms with van der Waals surface area (Å²) in [7, 11) is -3.08. The molecule has 0 saturated heterocycles. The molecule has 0 spiro atoms. The second-order valence-electron chi connectivity index (χ2n) is 9.85. The van der Waals surface area contributed by atoms with E-state index in [1.54, 1.807) is 12.1 Å². The van der Waals surface area contributed by atoms with Gasteiger partial charge >= 0.3 is 13.7 Å². The Morgan fingerprint density at radius 1 is 0.829 bits per heavy atom. The molecule has 0 radical (unpaired) electrons. The second kappa shape index (κ2) is 12.4. The molecule has 0 aliphatic carbocycles. The van der Waals surface area contributed by atoms with E-state index in [9.17, 15) is 9.90 Å². The van der Waals surface area contributed by atoms with Crippen LogP contribution in [0.2, 0.25) is 0 Å². The number of aliphatic hydroxyl groups excluding tert-OH is 1. The average Bonchev–Trinajstić information content (AvgIpc) is 2.89. The van der Waals surface area contributed by atoms with Gasteiger partial charge in [-0.25, -0.2) is 4.79 Å². The van der Waals surface area contributed by atoms with Crippen molar-refractivity contribution >= 4 is 24.3 Å². The van der Waals surface area contributed by atoms with E-state index in [0.29, 0.717) is 11.5 Å². The van der Waals surface area contributed by atoms with Gasteiger partial charge in [0, 0.05) is 5.41 Å².